The van der Waals surface area contributed by atoms with Gasteiger partial charge in [-0.1, -0.05) is 32.0 Å². The Morgan fingerprint density at radius 1 is 1.08 bits per heavy atom. The first-order chi connectivity index (χ1) is 18.0. The highest BCUT2D eigenvalue weighted by molar-refractivity contribution is 5.96. The minimum Gasteiger partial charge on any atom is -0.481 e. The van der Waals surface area contributed by atoms with Crippen molar-refractivity contribution in [3.05, 3.63) is 36.0 Å². The molecule has 0 radical (unpaired) electrons. The van der Waals surface area contributed by atoms with Crippen LogP contribution in [0.4, 0.5) is 0 Å². The minimum atomic E-state index is -1.51. The van der Waals surface area contributed by atoms with Crippen LogP contribution in [0, 0.1) is 5.92 Å². The summed E-state index contributed by atoms with van der Waals surface area (Å²) in [6, 6.07) is 2.77. The maximum absolute atomic E-state index is 13.5. The number of para-hydroxylation sites is 1. The molecule has 1 aromatic carbocycles. The van der Waals surface area contributed by atoms with E-state index >= 15 is 0 Å². The summed E-state index contributed by atoms with van der Waals surface area (Å²) in [5.41, 5.74) is 7.59. The number of nitrogens with zero attached hydrogens (tertiary/aromatic N) is 1. The normalized spacial score (nSPS) is 17.7. The summed E-state index contributed by atoms with van der Waals surface area (Å²) >= 11 is 0. The molecule has 12 nitrogen and oxygen atoms in total. The number of hydrogen-bond acceptors (Lipinski definition) is 6. The maximum atomic E-state index is 13.5. The van der Waals surface area contributed by atoms with Crippen LogP contribution >= 0.6 is 0 Å². The third-order valence-corrected chi connectivity index (χ3v) is 6.61. The van der Waals surface area contributed by atoms with Crippen LogP contribution in [0.15, 0.2) is 30.5 Å². The van der Waals surface area contributed by atoms with Crippen molar-refractivity contribution in [2.45, 2.75) is 70.1 Å². The third-order valence-electron chi connectivity index (χ3n) is 6.61. The van der Waals surface area contributed by atoms with Crippen molar-refractivity contribution in [2.75, 3.05) is 6.54 Å². The van der Waals surface area contributed by atoms with Crippen molar-refractivity contribution in [3.63, 3.8) is 0 Å². The second-order valence-corrected chi connectivity index (χ2v) is 10.0. The molecule has 2 aromatic rings. The number of rotatable bonds is 12. The number of carboxylic acids is 2. The van der Waals surface area contributed by atoms with E-state index in [0.717, 1.165) is 21.4 Å². The highest BCUT2D eigenvalue weighted by Crippen LogP contribution is 2.21. The Balaban J connectivity index is 1.85. The summed E-state index contributed by atoms with van der Waals surface area (Å²) in [6.45, 7) is 3.96. The monoisotopic (exact) mass is 529 g/mol. The van der Waals surface area contributed by atoms with Crippen molar-refractivity contribution in [1.29, 1.82) is 0 Å². The number of aliphatic carboxylic acids is 2. The number of aromatic amines is 1. The zero-order valence-electron chi connectivity index (χ0n) is 21.5. The Kier molecular flexibility index (Phi) is 9.45. The molecule has 7 N–H and O–H groups in total. The number of aromatic nitrogens is 1. The molecule has 1 aromatic heterocycles. The summed E-state index contributed by atoms with van der Waals surface area (Å²) in [5.74, 6) is -4.52. The standard InChI is InChI=1S/C26H35N5O7/c1-14(2)10-17(27)23(34)29-19(11-15-13-28-18-7-4-3-6-16(15)18)24(35)30-20(12-22(32)33)25(36)31-9-5-8-21(31)26(37)38/h3-4,6-7,13-14,17,19-21,28H,5,8-12,27H2,1-2H3,(H,29,34)(H,30,35)(H,32,33)(H,37,38). The van der Waals surface area contributed by atoms with Gasteiger partial charge in [0.15, 0.2) is 0 Å². The van der Waals surface area contributed by atoms with Gasteiger partial charge in [-0.3, -0.25) is 19.2 Å². The molecular weight excluding hydrogens is 494 g/mol. The van der Waals surface area contributed by atoms with Gasteiger partial charge >= 0.3 is 11.9 Å². The van der Waals surface area contributed by atoms with Gasteiger partial charge in [-0.15, -0.1) is 0 Å². The molecule has 1 fully saturated rings. The average Bonchev–Trinajstić information content (AvgIpc) is 3.49. The lowest BCUT2D eigenvalue weighted by Crippen LogP contribution is -2.58. The largest absolute Gasteiger partial charge is 0.481 e. The molecule has 4 atom stereocenters. The summed E-state index contributed by atoms with van der Waals surface area (Å²) < 4.78 is 0. The fourth-order valence-corrected chi connectivity index (χ4v) is 4.76. The number of likely N-dealkylation sites (tertiary alicyclic amines) is 1. The van der Waals surface area contributed by atoms with E-state index in [0.29, 0.717) is 12.8 Å². The molecule has 12 heteroatoms. The molecule has 2 heterocycles. The molecule has 4 unspecified atom stereocenters. The second-order valence-electron chi connectivity index (χ2n) is 10.0. The first kappa shape index (κ1) is 28.6. The molecule has 1 aliphatic heterocycles. The SMILES string of the molecule is CC(C)CC(N)C(=O)NC(Cc1c[nH]c2ccccc12)C(=O)NC(CC(=O)O)C(=O)N1CCCC1C(=O)O. The molecule has 3 rings (SSSR count). The van der Waals surface area contributed by atoms with E-state index in [1.54, 1.807) is 6.20 Å². The average molecular weight is 530 g/mol. The van der Waals surface area contributed by atoms with Gasteiger partial charge in [0.1, 0.15) is 18.1 Å². The van der Waals surface area contributed by atoms with E-state index in [1.807, 2.05) is 38.1 Å². The maximum Gasteiger partial charge on any atom is 0.326 e. The van der Waals surface area contributed by atoms with Crippen LogP contribution < -0.4 is 16.4 Å². The van der Waals surface area contributed by atoms with Crippen LogP contribution in [0.2, 0.25) is 0 Å². The molecule has 0 bridgehead atoms. The molecule has 0 saturated carbocycles. The molecule has 38 heavy (non-hydrogen) atoms. The van der Waals surface area contributed by atoms with Crippen LogP contribution in [-0.2, 0) is 30.4 Å². The number of nitrogens with two attached hydrogens (primary N) is 1. The zero-order valence-corrected chi connectivity index (χ0v) is 21.5. The zero-order chi connectivity index (χ0) is 28.0. The minimum absolute atomic E-state index is 0.0471. The first-order valence-corrected chi connectivity index (χ1v) is 12.6. The highest BCUT2D eigenvalue weighted by atomic mass is 16.4. The molecule has 0 aliphatic carbocycles. The quantitative estimate of drug-likeness (QED) is 0.230. The van der Waals surface area contributed by atoms with Crippen molar-refractivity contribution in [3.8, 4) is 0 Å². The van der Waals surface area contributed by atoms with Crippen molar-refractivity contribution in [2.24, 2.45) is 11.7 Å². The van der Waals surface area contributed by atoms with E-state index in [1.165, 1.54) is 0 Å². The number of hydrogen-bond donors (Lipinski definition) is 6. The molecule has 3 amide bonds. The Labute approximate surface area is 219 Å². The Morgan fingerprint density at radius 2 is 1.76 bits per heavy atom. The van der Waals surface area contributed by atoms with E-state index in [2.05, 4.69) is 15.6 Å². The van der Waals surface area contributed by atoms with Gasteiger partial charge in [0.25, 0.3) is 0 Å². The number of carbonyl (C=O) groups excluding carboxylic acids is 3. The van der Waals surface area contributed by atoms with Gasteiger partial charge in [-0.25, -0.2) is 4.79 Å². The number of carboxylic acid groups (broad SMARTS) is 2. The van der Waals surface area contributed by atoms with E-state index in [4.69, 9.17) is 5.73 Å². The Hall–Kier alpha value is -3.93. The van der Waals surface area contributed by atoms with Gasteiger partial charge in [0, 0.05) is 30.1 Å². The summed E-state index contributed by atoms with van der Waals surface area (Å²) in [5, 5.41) is 24.8. The number of H-pyrrole nitrogens is 1. The first-order valence-electron chi connectivity index (χ1n) is 12.6. The number of fused-ring (bicyclic) bond motifs is 1. The van der Waals surface area contributed by atoms with Crippen LogP contribution in [0.5, 0.6) is 0 Å². The smallest absolute Gasteiger partial charge is 0.326 e. The summed E-state index contributed by atoms with van der Waals surface area (Å²) in [4.78, 5) is 66.8. The second kappa shape index (κ2) is 12.5. The van der Waals surface area contributed by atoms with Gasteiger partial charge in [0.2, 0.25) is 17.7 Å². The number of nitrogens with one attached hydrogen (secondary N) is 3. The van der Waals surface area contributed by atoms with E-state index < -0.39 is 60.2 Å². The molecule has 206 valence electrons. The number of carbonyl (C=O) groups is 5. The summed E-state index contributed by atoms with van der Waals surface area (Å²) in [7, 11) is 0. The fourth-order valence-electron chi connectivity index (χ4n) is 4.76. The Bertz CT molecular complexity index is 1190. The molecule has 0 spiro atoms. The summed E-state index contributed by atoms with van der Waals surface area (Å²) in [6.07, 6.45) is 2.09. The van der Waals surface area contributed by atoms with Gasteiger partial charge in [-0.2, -0.15) is 0 Å². The topological polar surface area (TPSA) is 195 Å². The molecule has 1 aliphatic rings. The fraction of sp³-hybridized carbons (Fsp3) is 0.500. The van der Waals surface area contributed by atoms with Crippen LogP contribution in [0.3, 0.4) is 0 Å². The lowest BCUT2D eigenvalue weighted by atomic mass is 10.0. The molecular formula is C26H35N5O7. The lowest BCUT2D eigenvalue weighted by Gasteiger charge is -2.28. The van der Waals surface area contributed by atoms with Gasteiger partial charge in [-0.05, 0) is 36.8 Å². The van der Waals surface area contributed by atoms with Crippen molar-refractivity contribution >= 4 is 40.6 Å². The lowest BCUT2D eigenvalue weighted by molar-refractivity contribution is -0.150. The van der Waals surface area contributed by atoms with Crippen molar-refractivity contribution < 1.29 is 34.2 Å². The number of amides is 3. The molecule has 1 saturated heterocycles. The van der Waals surface area contributed by atoms with Gasteiger partial charge in [0.05, 0.1) is 12.5 Å². The predicted molar refractivity (Wildman–Crippen MR) is 138 cm³/mol. The van der Waals surface area contributed by atoms with Crippen LogP contribution in [0.1, 0.15) is 45.1 Å². The van der Waals surface area contributed by atoms with Crippen LogP contribution in [-0.4, -0.2) is 80.5 Å². The third kappa shape index (κ3) is 7.09. The van der Waals surface area contributed by atoms with E-state index in [-0.39, 0.29) is 25.3 Å². The number of benzene rings is 1. The van der Waals surface area contributed by atoms with Crippen molar-refractivity contribution in [1.82, 2.24) is 20.5 Å². The predicted octanol–water partition coefficient (Wildman–Crippen LogP) is 0.604. The van der Waals surface area contributed by atoms with Gasteiger partial charge < -0.3 is 36.5 Å². The van der Waals surface area contributed by atoms with Crippen LogP contribution in [0.25, 0.3) is 10.9 Å². The Morgan fingerprint density at radius 3 is 2.42 bits per heavy atom. The highest BCUT2D eigenvalue weighted by Gasteiger charge is 2.39. The van der Waals surface area contributed by atoms with E-state index in [9.17, 15) is 34.2 Å².